The van der Waals surface area contributed by atoms with Crippen molar-refractivity contribution in [3.05, 3.63) is 28.3 Å². The van der Waals surface area contributed by atoms with Gasteiger partial charge in [-0.05, 0) is 36.1 Å². The minimum absolute atomic E-state index is 0.0551. The lowest BCUT2D eigenvalue weighted by atomic mass is 9.94. The molecule has 1 aromatic rings. The van der Waals surface area contributed by atoms with Crippen LogP contribution in [0.3, 0.4) is 0 Å². The van der Waals surface area contributed by atoms with Gasteiger partial charge in [0.05, 0.1) is 18.1 Å². The molecule has 4 nitrogen and oxygen atoms in total. The molecular weight excluding hydrogens is 266 g/mol. The molecule has 0 saturated carbocycles. The average Bonchev–Trinajstić information content (AvgIpc) is 2.88. The Kier molecular flexibility index (Phi) is 4.32. The van der Waals surface area contributed by atoms with Crippen molar-refractivity contribution in [1.82, 2.24) is 5.32 Å². The number of ether oxygens (including phenoxy) is 1. The zero-order chi connectivity index (χ0) is 14.0. The lowest BCUT2D eigenvalue weighted by Crippen LogP contribution is -2.17. The third-order valence-corrected chi connectivity index (χ3v) is 3.95. The van der Waals surface area contributed by atoms with E-state index in [9.17, 15) is 4.79 Å². The number of hydrogen-bond acceptors (Lipinski definition) is 3. The monoisotopic (exact) mass is 283 g/mol. The Balaban J connectivity index is 2.30. The number of rotatable bonds is 4. The Hall–Kier alpha value is -1.26. The van der Waals surface area contributed by atoms with Crippen LogP contribution in [0.5, 0.6) is 5.75 Å². The van der Waals surface area contributed by atoms with Gasteiger partial charge in [-0.15, -0.1) is 0 Å². The average molecular weight is 284 g/mol. The van der Waals surface area contributed by atoms with Crippen LogP contribution in [0.25, 0.3) is 0 Å². The first-order valence-electron chi connectivity index (χ1n) is 6.39. The molecule has 0 radical (unpaired) electrons. The highest BCUT2D eigenvalue weighted by molar-refractivity contribution is 6.32. The first-order chi connectivity index (χ1) is 9.06. The summed E-state index contributed by atoms with van der Waals surface area (Å²) in [5.41, 5.74) is 2.22. The topological polar surface area (TPSA) is 58.6 Å². The highest BCUT2D eigenvalue weighted by atomic mass is 35.5. The fourth-order valence-corrected chi connectivity index (χ4v) is 2.81. The van der Waals surface area contributed by atoms with Crippen LogP contribution in [0.15, 0.2) is 12.1 Å². The number of benzene rings is 1. The highest BCUT2D eigenvalue weighted by Gasteiger charge is 2.31. The fraction of sp³-hybridized carbons (Fsp3) is 0.500. The van der Waals surface area contributed by atoms with Crippen molar-refractivity contribution in [2.24, 2.45) is 5.92 Å². The maximum absolute atomic E-state index is 11.0. The number of nitrogens with one attached hydrogen (secondary N) is 1. The molecule has 104 valence electrons. The summed E-state index contributed by atoms with van der Waals surface area (Å²) in [4.78, 5) is 11.0. The van der Waals surface area contributed by atoms with E-state index in [0.29, 0.717) is 23.7 Å². The summed E-state index contributed by atoms with van der Waals surface area (Å²) in [6, 6.07) is 3.88. The molecule has 2 rings (SSSR count). The molecule has 1 heterocycles. The van der Waals surface area contributed by atoms with Gasteiger partial charge in [-0.2, -0.15) is 0 Å². The summed E-state index contributed by atoms with van der Waals surface area (Å²) >= 11 is 6.17. The Morgan fingerprint density at radius 1 is 1.58 bits per heavy atom. The van der Waals surface area contributed by atoms with E-state index in [-0.39, 0.29) is 12.0 Å². The number of aryl methyl sites for hydroxylation is 1. The van der Waals surface area contributed by atoms with Crippen LogP contribution in [-0.2, 0) is 11.2 Å². The number of aliphatic carboxylic acids is 1. The standard InChI is InChI=1S/C14H18ClNO3/c1-3-8-5-13(19-2)11(15)6-10(8)12-4-9(7-16-12)14(17)18/h5-6,9,12,16H,3-4,7H2,1-2H3,(H,17,18). The molecule has 2 atom stereocenters. The molecule has 0 spiro atoms. The molecule has 2 N–H and O–H groups in total. The molecule has 0 aliphatic carbocycles. The smallest absolute Gasteiger partial charge is 0.307 e. The summed E-state index contributed by atoms with van der Waals surface area (Å²) in [5.74, 6) is -0.404. The number of halogens is 1. The van der Waals surface area contributed by atoms with E-state index in [1.165, 1.54) is 0 Å². The minimum Gasteiger partial charge on any atom is -0.495 e. The van der Waals surface area contributed by atoms with E-state index in [1.54, 1.807) is 7.11 Å². The van der Waals surface area contributed by atoms with Crippen molar-refractivity contribution in [3.8, 4) is 5.75 Å². The second-order valence-electron chi connectivity index (χ2n) is 4.77. The van der Waals surface area contributed by atoms with Gasteiger partial charge in [0.1, 0.15) is 5.75 Å². The third kappa shape index (κ3) is 2.85. The number of hydrogen-bond donors (Lipinski definition) is 2. The van der Waals surface area contributed by atoms with Gasteiger partial charge in [0, 0.05) is 12.6 Å². The predicted molar refractivity (Wildman–Crippen MR) is 73.9 cm³/mol. The van der Waals surface area contributed by atoms with Gasteiger partial charge in [0.2, 0.25) is 0 Å². The number of carboxylic acids is 1. The largest absolute Gasteiger partial charge is 0.495 e. The molecule has 1 aromatic carbocycles. The van der Waals surface area contributed by atoms with E-state index in [0.717, 1.165) is 17.5 Å². The van der Waals surface area contributed by atoms with Crippen molar-refractivity contribution in [3.63, 3.8) is 0 Å². The summed E-state index contributed by atoms with van der Waals surface area (Å²) < 4.78 is 5.22. The van der Waals surface area contributed by atoms with Crippen molar-refractivity contribution >= 4 is 17.6 Å². The Morgan fingerprint density at radius 3 is 2.84 bits per heavy atom. The van der Waals surface area contributed by atoms with Crippen LogP contribution in [0, 0.1) is 5.92 Å². The van der Waals surface area contributed by atoms with Crippen LogP contribution in [0.4, 0.5) is 0 Å². The SMILES string of the molecule is CCc1cc(OC)c(Cl)cc1C1CC(C(=O)O)CN1. The molecule has 1 saturated heterocycles. The molecule has 0 bridgehead atoms. The zero-order valence-corrected chi connectivity index (χ0v) is 11.8. The van der Waals surface area contributed by atoms with E-state index in [4.69, 9.17) is 21.4 Å². The van der Waals surface area contributed by atoms with Crippen LogP contribution in [0.2, 0.25) is 5.02 Å². The van der Waals surface area contributed by atoms with Gasteiger partial charge >= 0.3 is 5.97 Å². The van der Waals surface area contributed by atoms with Crippen molar-refractivity contribution in [2.45, 2.75) is 25.8 Å². The Labute approximate surface area is 117 Å². The van der Waals surface area contributed by atoms with Crippen molar-refractivity contribution < 1.29 is 14.6 Å². The summed E-state index contributed by atoms with van der Waals surface area (Å²) in [5, 5.41) is 12.9. The second kappa shape index (κ2) is 5.80. The summed E-state index contributed by atoms with van der Waals surface area (Å²) in [6.45, 7) is 2.57. The molecule has 5 heteroatoms. The molecular formula is C14H18ClNO3. The Morgan fingerprint density at radius 2 is 2.32 bits per heavy atom. The quantitative estimate of drug-likeness (QED) is 0.892. The molecule has 0 amide bonds. The van der Waals surface area contributed by atoms with Crippen LogP contribution >= 0.6 is 11.6 Å². The molecule has 1 aliphatic heterocycles. The van der Waals surface area contributed by atoms with E-state index >= 15 is 0 Å². The van der Waals surface area contributed by atoms with Gasteiger partial charge in [-0.3, -0.25) is 4.79 Å². The van der Waals surface area contributed by atoms with E-state index in [1.807, 2.05) is 12.1 Å². The third-order valence-electron chi connectivity index (χ3n) is 3.65. The number of carboxylic acid groups (broad SMARTS) is 1. The second-order valence-corrected chi connectivity index (χ2v) is 5.18. The highest BCUT2D eigenvalue weighted by Crippen LogP contribution is 2.35. The van der Waals surface area contributed by atoms with E-state index < -0.39 is 5.97 Å². The maximum atomic E-state index is 11.0. The van der Waals surface area contributed by atoms with Crippen molar-refractivity contribution in [2.75, 3.05) is 13.7 Å². The summed E-state index contributed by atoms with van der Waals surface area (Å²) in [6.07, 6.45) is 1.46. The number of methoxy groups -OCH3 is 1. The molecule has 1 aliphatic rings. The normalized spacial score (nSPS) is 22.5. The number of carbonyl (C=O) groups is 1. The maximum Gasteiger partial charge on any atom is 0.307 e. The molecule has 2 unspecified atom stereocenters. The first kappa shape index (κ1) is 14.2. The van der Waals surface area contributed by atoms with Gasteiger partial charge in [0.25, 0.3) is 0 Å². The molecule has 1 fully saturated rings. The van der Waals surface area contributed by atoms with Gasteiger partial charge in [-0.25, -0.2) is 0 Å². The van der Waals surface area contributed by atoms with Gasteiger partial charge in [0.15, 0.2) is 0 Å². The summed E-state index contributed by atoms with van der Waals surface area (Å²) in [7, 11) is 1.59. The fourth-order valence-electron chi connectivity index (χ4n) is 2.56. The minimum atomic E-state index is -0.743. The zero-order valence-electron chi connectivity index (χ0n) is 11.1. The van der Waals surface area contributed by atoms with Crippen LogP contribution in [-0.4, -0.2) is 24.7 Å². The van der Waals surface area contributed by atoms with Gasteiger partial charge in [-0.1, -0.05) is 18.5 Å². The van der Waals surface area contributed by atoms with E-state index in [2.05, 4.69) is 12.2 Å². The molecule has 0 aromatic heterocycles. The lowest BCUT2D eigenvalue weighted by molar-refractivity contribution is -0.141. The Bertz CT molecular complexity index is 490. The van der Waals surface area contributed by atoms with Crippen LogP contribution < -0.4 is 10.1 Å². The predicted octanol–water partition coefficient (Wildman–Crippen LogP) is 2.65. The first-order valence-corrected chi connectivity index (χ1v) is 6.77. The van der Waals surface area contributed by atoms with Crippen molar-refractivity contribution in [1.29, 1.82) is 0 Å². The van der Waals surface area contributed by atoms with Gasteiger partial charge < -0.3 is 15.2 Å². The molecule has 19 heavy (non-hydrogen) atoms. The lowest BCUT2D eigenvalue weighted by Gasteiger charge is -2.17. The van der Waals surface area contributed by atoms with Crippen LogP contribution in [0.1, 0.15) is 30.5 Å².